The van der Waals surface area contributed by atoms with Gasteiger partial charge >= 0.3 is 0 Å². The van der Waals surface area contributed by atoms with E-state index in [0.717, 1.165) is 16.7 Å². The Hall–Kier alpha value is -4.01. The second kappa shape index (κ2) is 7.11. The van der Waals surface area contributed by atoms with E-state index in [0.29, 0.717) is 23.0 Å². The summed E-state index contributed by atoms with van der Waals surface area (Å²) >= 11 is 0. The Labute approximate surface area is 172 Å². The van der Waals surface area contributed by atoms with Gasteiger partial charge in [0, 0.05) is 23.4 Å². The van der Waals surface area contributed by atoms with Crippen molar-refractivity contribution in [2.24, 2.45) is 5.73 Å². The molecule has 0 saturated carbocycles. The summed E-state index contributed by atoms with van der Waals surface area (Å²) in [6.45, 7) is 5.76. The number of primary amides is 1. The standard InChI is InChI=1S/C21H20N6O3/c1-11-7-8-15(9-12(11)2)20-24-21-23-13(3)17(19(22)28)18(26(21)25-20)14-5-4-6-16(10-14)27(29)30/h4-10,18H,1-3H3,(H2,22,28)(H,23,24,25). The van der Waals surface area contributed by atoms with Crippen LogP contribution in [0.5, 0.6) is 0 Å². The molecule has 1 unspecified atom stereocenters. The number of carbonyl (C=O) groups excluding carboxylic acids is 1. The Kier molecular flexibility index (Phi) is 4.57. The Morgan fingerprint density at radius 1 is 1.17 bits per heavy atom. The number of non-ortho nitro benzene ring substituents is 1. The molecule has 1 atom stereocenters. The van der Waals surface area contributed by atoms with E-state index in [1.54, 1.807) is 23.7 Å². The Morgan fingerprint density at radius 2 is 1.93 bits per heavy atom. The van der Waals surface area contributed by atoms with Crippen LogP contribution in [0.2, 0.25) is 0 Å². The average Bonchev–Trinajstić information content (AvgIpc) is 3.12. The summed E-state index contributed by atoms with van der Waals surface area (Å²) in [5.41, 5.74) is 10.0. The van der Waals surface area contributed by atoms with Gasteiger partial charge in [-0.1, -0.05) is 24.3 Å². The van der Waals surface area contributed by atoms with Crippen LogP contribution in [0.4, 0.5) is 11.6 Å². The lowest BCUT2D eigenvalue weighted by atomic mass is 9.95. The first-order valence-electron chi connectivity index (χ1n) is 9.32. The van der Waals surface area contributed by atoms with E-state index in [1.807, 2.05) is 32.0 Å². The Morgan fingerprint density at radius 3 is 2.60 bits per heavy atom. The summed E-state index contributed by atoms with van der Waals surface area (Å²) in [7, 11) is 0. The number of nitrogens with two attached hydrogens (primary N) is 1. The zero-order chi connectivity index (χ0) is 21.6. The van der Waals surface area contributed by atoms with Crippen LogP contribution in [0.1, 0.15) is 29.7 Å². The average molecular weight is 404 g/mol. The Balaban J connectivity index is 1.89. The van der Waals surface area contributed by atoms with Crippen molar-refractivity contribution in [3.05, 3.63) is 80.5 Å². The van der Waals surface area contributed by atoms with Gasteiger partial charge in [-0.25, -0.2) is 4.68 Å². The first-order valence-corrected chi connectivity index (χ1v) is 9.32. The van der Waals surface area contributed by atoms with E-state index >= 15 is 0 Å². The fourth-order valence-electron chi connectivity index (χ4n) is 3.59. The van der Waals surface area contributed by atoms with E-state index in [4.69, 9.17) is 5.73 Å². The quantitative estimate of drug-likeness (QED) is 0.507. The van der Waals surface area contributed by atoms with Crippen LogP contribution in [0.15, 0.2) is 53.7 Å². The fraction of sp³-hybridized carbons (Fsp3) is 0.190. The number of nitro benzene ring substituents is 1. The molecule has 1 aliphatic rings. The highest BCUT2D eigenvalue weighted by atomic mass is 16.6. The maximum atomic E-state index is 12.3. The molecule has 1 aliphatic heterocycles. The van der Waals surface area contributed by atoms with Gasteiger partial charge in [-0.05, 0) is 43.5 Å². The molecule has 2 aromatic carbocycles. The molecular weight excluding hydrogens is 384 g/mol. The van der Waals surface area contributed by atoms with Gasteiger partial charge in [0.15, 0.2) is 5.82 Å². The lowest BCUT2D eigenvalue weighted by Crippen LogP contribution is -2.31. The van der Waals surface area contributed by atoms with Crippen LogP contribution >= 0.6 is 0 Å². The minimum atomic E-state index is -0.730. The first-order chi connectivity index (χ1) is 14.3. The highest BCUT2D eigenvalue weighted by Crippen LogP contribution is 2.37. The summed E-state index contributed by atoms with van der Waals surface area (Å²) in [6.07, 6.45) is 0. The number of nitrogens with one attached hydrogen (secondary N) is 1. The van der Waals surface area contributed by atoms with Gasteiger partial charge in [-0.15, -0.1) is 5.10 Å². The third-order valence-electron chi connectivity index (χ3n) is 5.28. The molecule has 9 heteroatoms. The van der Waals surface area contributed by atoms with Crippen LogP contribution in [-0.2, 0) is 4.79 Å². The van der Waals surface area contributed by atoms with Crippen molar-refractivity contribution in [3.63, 3.8) is 0 Å². The minimum absolute atomic E-state index is 0.0800. The van der Waals surface area contributed by atoms with E-state index in [2.05, 4.69) is 15.4 Å². The van der Waals surface area contributed by atoms with Gasteiger partial charge in [-0.3, -0.25) is 14.9 Å². The SMILES string of the molecule is CC1=C(C(N)=O)C(c2cccc([N+](=O)[O-])c2)n2nc(-c3ccc(C)c(C)c3)nc2N1. The van der Waals surface area contributed by atoms with Crippen molar-refractivity contribution in [2.75, 3.05) is 5.32 Å². The lowest BCUT2D eigenvalue weighted by molar-refractivity contribution is -0.384. The van der Waals surface area contributed by atoms with Crippen molar-refractivity contribution in [3.8, 4) is 11.4 Å². The Bertz CT molecular complexity index is 1230. The van der Waals surface area contributed by atoms with Gasteiger partial charge < -0.3 is 11.1 Å². The summed E-state index contributed by atoms with van der Waals surface area (Å²) in [5.74, 6) is 0.280. The highest BCUT2D eigenvalue weighted by molar-refractivity contribution is 5.95. The van der Waals surface area contributed by atoms with Crippen LogP contribution in [0.25, 0.3) is 11.4 Å². The number of allylic oxidation sites excluding steroid dienone is 1. The number of aromatic nitrogens is 3. The van der Waals surface area contributed by atoms with E-state index in [1.165, 1.54) is 12.1 Å². The van der Waals surface area contributed by atoms with Crippen molar-refractivity contribution in [1.29, 1.82) is 0 Å². The maximum Gasteiger partial charge on any atom is 0.269 e. The first kappa shape index (κ1) is 19.3. The number of benzene rings is 2. The molecule has 3 aromatic rings. The molecule has 0 spiro atoms. The minimum Gasteiger partial charge on any atom is -0.366 e. The number of aryl methyl sites for hydroxylation is 2. The molecule has 0 aliphatic carbocycles. The molecule has 2 heterocycles. The van der Waals surface area contributed by atoms with Crippen LogP contribution in [0, 0.1) is 24.0 Å². The third kappa shape index (κ3) is 3.20. The molecule has 0 fully saturated rings. The smallest absolute Gasteiger partial charge is 0.269 e. The summed E-state index contributed by atoms with van der Waals surface area (Å²) in [6, 6.07) is 11.3. The summed E-state index contributed by atoms with van der Waals surface area (Å²) in [4.78, 5) is 27.6. The van der Waals surface area contributed by atoms with Crippen LogP contribution in [0.3, 0.4) is 0 Å². The van der Waals surface area contributed by atoms with Gasteiger partial charge in [-0.2, -0.15) is 4.98 Å². The van der Waals surface area contributed by atoms with E-state index in [9.17, 15) is 14.9 Å². The maximum absolute atomic E-state index is 12.3. The van der Waals surface area contributed by atoms with Crippen molar-refractivity contribution >= 4 is 17.5 Å². The molecule has 4 rings (SSSR count). The molecule has 1 aromatic heterocycles. The van der Waals surface area contributed by atoms with Crippen LogP contribution in [-0.4, -0.2) is 25.6 Å². The number of hydrogen-bond donors (Lipinski definition) is 2. The zero-order valence-corrected chi connectivity index (χ0v) is 16.7. The number of amides is 1. The molecule has 30 heavy (non-hydrogen) atoms. The number of anilines is 1. The van der Waals surface area contributed by atoms with Gasteiger partial charge in [0.05, 0.1) is 10.5 Å². The number of carbonyl (C=O) groups is 1. The predicted octanol–water partition coefficient (Wildman–Crippen LogP) is 3.24. The van der Waals surface area contributed by atoms with E-state index < -0.39 is 16.9 Å². The summed E-state index contributed by atoms with van der Waals surface area (Å²) in [5, 5.41) is 19.0. The van der Waals surface area contributed by atoms with Gasteiger partial charge in [0.2, 0.25) is 11.9 Å². The third-order valence-corrected chi connectivity index (χ3v) is 5.28. The second-order valence-corrected chi connectivity index (χ2v) is 7.29. The molecule has 0 saturated heterocycles. The number of hydrogen-bond acceptors (Lipinski definition) is 6. The van der Waals surface area contributed by atoms with Gasteiger partial charge in [0.1, 0.15) is 6.04 Å². The highest BCUT2D eigenvalue weighted by Gasteiger charge is 2.34. The molecule has 0 bridgehead atoms. The second-order valence-electron chi connectivity index (χ2n) is 7.29. The predicted molar refractivity (Wildman–Crippen MR) is 112 cm³/mol. The molecule has 9 nitrogen and oxygen atoms in total. The normalized spacial score (nSPS) is 15.5. The fourth-order valence-corrected chi connectivity index (χ4v) is 3.59. The number of nitro groups is 1. The molecule has 0 radical (unpaired) electrons. The number of nitrogens with zero attached hydrogens (tertiary/aromatic N) is 4. The topological polar surface area (TPSA) is 129 Å². The van der Waals surface area contributed by atoms with Crippen LogP contribution < -0.4 is 11.1 Å². The van der Waals surface area contributed by atoms with E-state index in [-0.39, 0.29) is 11.3 Å². The van der Waals surface area contributed by atoms with Crippen molar-refractivity contribution < 1.29 is 9.72 Å². The van der Waals surface area contributed by atoms with Gasteiger partial charge in [0.25, 0.3) is 5.69 Å². The lowest BCUT2D eigenvalue weighted by Gasteiger charge is -2.27. The zero-order valence-electron chi connectivity index (χ0n) is 16.7. The monoisotopic (exact) mass is 404 g/mol. The largest absolute Gasteiger partial charge is 0.366 e. The number of fused-ring (bicyclic) bond motifs is 1. The van der Waals surface area contributed by atoms with Crippen molar-refractivity contribution in [1.82, 2.24) is 14.8 Å². The molecule has 152 valence electrons. The molecule has 1 amide bonds. The van der Waals surface area contributed by atoms with Crippen molar-refractivity contribution in [2.45, 2.75) is 26.8 Å². The summed E-state index contributed by atoms with van der Waals surface area (Å²) < 4.78 is 1.55. The molecular formula is C21H20N6O3. The molecule has 3 N–H and O–H groups in total. The number of rotatable bonds is 4.